The molecule has 0 unspecified atom stereocenters. The predicted molar refractivity (Wildman–Crippen MR) is 75.8 cm³/mol. The molecule has 0 aliphatic rings. The third-order valence-electron chi connectivity index (χ3n) is 2.70. The first-order valence-electron chi connectivity index (χ1n) is 5.76. The normalized spacial score (nSPS) is 10.6. The molecule has 0 saturated carbocycles. The third kappa shape index (κ3) is 2.73. The van der Waals surface area contributed by atoms with Crippen molar-refractivity contribution in [1.82, 2.24) is 0 Å². The second-order valence-corrected chi connectivity index (χ2v) is 4.05. The van der Waals surface area contributed by atoms with Gasteiger partial charge in [-0.15, -0.1) is 0 Å². The molecule has 2 rings (SSSR count). The van der Waals surface area contributed by atoms with E-state index in [1.165, 1.54) is 22.3 Å². The molecule has 0 bridgehead atoms. The topological polar surface area (TPSA) is 0 Å². The fourth-order valence-electron chi connectivity index (χ4n) is 1.89. The SMILES string of the molecule is C=CC=Cc1ccccc1-c1cccc(C)c1. The van der Waals surface area contributed by atoms with Gasteiger partial charge in [0.1, 0.15) is 0 Å². The Bertz CT molecular complexity index is 547. The van der Waals surface area contributed by atoms with E-state index >= 15 is 0 Å². The van der Waals surface area contributed by atoms with Crippen molar-refractivity contribution >= 4 is 6.08 Å². The average molecular weight is 220 g/mol. The lowest BCUT2D eigenvalue weighted by Gasteiger charge is -2.06. The van der Waals surface area contributed by atoms with Crippen molar-refractivity contribution in [2.24, 2.45) is 0 Å². The molecule has 0 heteroatoms. The molecule has 17 heavy (non-hydrogen) atoms. The Morgan fingerprint density at radius 2 is 1.82 bits per heavy atom. The largest absolute Gasteiger partial charge is 0.0991 e. The van der Waals surface area contributed by atoms with E-state index in [1.807, 2.05) is 6.08 Å². The van der Waals surface area contributed by atoms with Gasteiger partial charge in [-0.1, -0.05) is 78.9 Å². The zero-order chi connectivity index (χ0) is 12.1. The maximum atomic E-state index is 3.71. The van der Waals surface area contributed by atoms with Gasteiger partial charge in [0.2, 0.25) is 0 Å². The number of benzene rings is 2. The van der Waals surface area contributed by atoms with Crippen molar-refractivity contribution in [3.63, 3.8) is 0 Å². The summed E-state index contributed by atoms with van der Waals surface area (Å²) in [7, 11) is 0. The zero-order valence-corrected chi connectivity index (χ0v) is 10.1. The minimum Gasteiger partial charge on any atom is -0.0991 e. The van der Waals surface area contributed by atoms with Crippen LogP contribution in [0.15, 0.2) is 67.3 Å². The second-order valence-electron chi connectivity index (χ2n) is 4.05. The van der Waals surface area contributed by atoms with Crippen molar-refractivity contribution in [1.29, 1.82) is 0 Å². The zero-order valence-electron chi connectivity index (χ0n) is 10.1. The summed E-state index contributed by atoms with van der Waals surface area (Å²) >= 11 is 0. The van der Waals surface area contributed by atoms with Gasteiger partial charge in [-0.05, 0) is 23.6 Å². The molecule has 0 aromatic heterocycles. The van der Waals surface area contributed by atoms with Crippen LogP contribution in [-0.4, -0.2) is 0 Å². The van der Waals surface area contributed by atoms with Crippen LogP contribution < -0.4 is 0 Å². The fourth-order valence-corrected chi connectivity index (χ4v) is 1.89. The average Bonchev–Trinajstić information content (AvgIpc) is 2.37. The van der Waals surface area contributed by atoms with E-state index in [-0.39, 0.29) is 0 Å². The van der Waals surface area contributed by atoms with Gasteiger partial charge in [0.25, 0.3) is 0 Å². The van der Waals surface area contributed by atoms with E-state index in [9.17, 15) is 0 Å². The van der Waals surface area contributed by atoms with Crippen molar-refractivity contribution in [3.05, 3.63) is 78.4 Å². The van der Waals surface area contributed by atoms with Crippen molar-refractivity contribution in [2.75, 3.05) is 0 Å². The van der Waals surface area contributed by atoms with Gasteiger partial charge < -0.3 is 0 Å². The van der Waals surface area contributed by atoms with E-state index in [0.29, 0.717) is 0 Å². The van der Waals surface area contributed by atoms with Crippen molar-refractivity contribution in [2.45, 2.75) is 6.92 Å². The molecule has 0 amide bonds. The summed E-state index contributed by atoms with van der Waals surface area (Å²) in [6, 6.07) is 17.0. The van der Waals surface area contributed by atoms with Crippen LogP contribution in [0, 0.1) is 6.92 Å². The lowest BCUT2D eigenvalue weighted by Crippen LogP contribution is -1.83. The molecule has 0 N–H and O–H groups in total. The molecule has 0 heterocycles. The number of rotatable bonds is 3. The van der Waals surface area contributed by atoms with Crippen molar-refractivity contribution in [3.8, 4) is 11.1 Å². The first-order valence-corrected chi connectivity index (χ1v) is 5.76. The highest BCUT2D eigenvalue weighted by atomic mass is 14.1. The molecule has 0 aliphatic heterocycles. The standard InChI is InChI=1S/C17H16/c1-3-4-9-15-10-5-6-12-17(15)16-11-7-8-14(2)13-16/h3-13H,1H2,2H3. The van der Waals surface area contributed by atoms with Crippen LogP contribution >= 0.6 is 0 Å². The van der Waals surface area contributed by atoms with Crippen LogP contribution in [0.3, 0.4) is 0 Å². The summed E-state index contributed by atoms with van der Waals surface area (Å²) in [6.07, 6.45) is 5.85. The Morgan fingerprint density at radius 1 is 1.00 bits per heavy atom. The molecule has 2 aromatic rings. The summed E-state index contributed by atoms with van der Waals surface area (Å²) in [4.78, 5) is 0. The number of hydrogen-bond donors (Lipinski definition) is 0. The van der Waals surface area contributed by atoms with Gasteiger partial charge in [0.05, 0.1) is 0 Å². The number of aryl methyl sites for hydroxylation is 1. The molecule has 0 aliphatic carbocycles. The number of hydrogen-bond acceptors (Lipinski definition) is 0. The summed E-state index contributed by atoms with van der Waals surface area (Å²) < 4.78 is 0. The highest BCUT2D eigenvalue weighted by Gasteiger charge is 2.01. The molecular weight excluding hydrogens is 204 g/mol. The van der Waals surface area contributed by atoms with E-state index < -0.39 is 0 Å². The van der Waals surface area contributed by atoms with Gasteiger partial charge >= 0.3 is 0 Å². The number of allylic oxidation sites excluding steroid dienone is 2. The quantitative estimate of drug-likeness (QED) is 0.648. The van der Waals surface area contributed by atoms with Gasteiger partial charge in [-0.3, -0.25) is 0 Å². The maximum absolute atomic E-state index is 3.71. The van der Waals surface area contributed by atoms with Gasteiger partial charge in [0.15, 0.2) is 0 Å². The smallest absolute Gasteiger partial charge is 0.0111 e. The molecule has 0 radical (unpaired) electrons. The Morgan fingerprint density at radius 3 is 2.59 bits per heavy atom. The Balaban J connectivity index is 2.51. The molecule has 0 atom stereocenters. The minimum atomic E-state index is 1.22. The molecule has 0 nitrogen and oxygen atoms in total. The van der Waals surface area contributed by atoms with Gasteiger partial charge in [-0.25, -0.2) is 0 Å². The molecule has 0 spiro atoms. The van der Waals surface area contributed by atoms with E-state index in [2.05, 4.69) is 68.1 Å². The molecule has 0 saturated heterocycles. The maximum Gasteiger partial charge on any atom is -0.0111 e. The van der Waals surface area contributed by atoms with Gasteiger partial charge in [-0.2, -0.15) is 0 Å². The fraction of sp³-hybridized carbons (Fsp3) is 0.0588. The van der Waals surface area contributed by atoms with Crippen LogP contribution in [0.25, 0.3) is 17.2 Å². The predicted octanol–water partition coefficient (Wildman–Crippen LogP) is 4.86. The summed E-state index contributed by atoms with van der Waals surface area (Å²) in [5.41, 5.74) is 5.02. The van der Waals surface area contributed by atoms with Crippen molar-refractivity contribution < 1.29 is 0 Å². The third-order valence-corrected chi connectivity index (χ3v) is 2.70. The molecule has 2 aromatic carbocycles. The highest BCUT2D eigenvalue weighted by Crippen LogP contribution is 2.25. The van der Waals surface area contributed by atoms with Crippen LogP contribution in [0.1, 0.15) is 11.1 Å². The van der Waals surface area contributed by atoms with Crippen LogP contribution in [0.5, 0.6) is 0 Å². The summed E-state index contributed by atoms with van der Waals surface area (Å²) in [5, 5.41) is 0. The Labute approximate surface area is 103 Å². The van der Waals surface area contributed by atoms with E-state index in [4.69, 9.17) is 0 Å². The first-order chi connectivity index (χ1) is 8.31. The second kappa shape index (κ2) is 5.31. The lowest BCUT2D eigenvalue weighted by molar-refractivity contribution is 1.46. The van der Waals surface area contributed by atoms with Crippen LogP contribution in [-0.2, 0) is 0 Å². The molecule has 0 fully saturated rings. The first kappa shape index (κ1) is 11.4. The molecule has 84 valence electrons. The lowest BCUT2D eigenvalue weighted by atomic mass is 9.98. The highest BCUT2D eigenvalue weighted by molar-refractivity contribution is 5.75. The van der Waals surface area contributed by atoms with E-state index in [0.717, 1.165) is 0 Å². The van der Waals surface area contributed by atoms with Gasteiger partial charge in [0, 0.05) is 0 Å². The Kier molecular flexibility index (Phi) is 3.56. The Hall–Kier alpha value is -2.08. The van der Waals surface area contributed by atoms with Crippen LogP contribution in [0.2, 0.25) is 0 Å². The summed E-state index contributed by atoms with van der Waals surface area (Å²) in [5.74, 6) is 0. The minimum absolute atomic E-state index is 1.22. The molecular formula is C17H16. The van der Waals surface area contributed by atoms with Crippen LogP contribution in [0.4, 0.5) is 0 Å². The van der Waals surface area contributed by atoms with E-state index in [1.54, 1.807) is 6.08 Å². The monoisotopic (exact) mass is 220 g/mol. The summed E-state index contributed by atoms with van der Waals surface area (Å²) in [6.45, 7) is 5.82.